The van der Waals surface area contributed by atoms with Crippen LogP contribution in [-0.2, 0) is 11.2 Å². The van der Waals surface area contributed by atoms with Gasteiger partial charge in [0.15, 0.2) is 0 Å². The summed E-state index contributed by atoms with van der Waals surface area (Å²) in [5.74, 6) is 0.163. The summed E-state index contributed by atoms with van der Waals surface area (Å²) in [5.41, 5.74) is 0.836. The molecule has 0 fully saturated rings. The van der Waals surface area contributed by atoms with Gasteiger partial charge >= 0.3 is 0 Å². The molecule has 0 amide bonds. The van der Waals surface area contributed by atoms with Crippen molar-refractivity contribution in [3.63, 3.8) is 0 Å². The Morgan fingerprint density at radius 3 is 2.53 bits per heavy atom. The van der Waals surface area contributed by atoms with Gasteiger partial charge < -0.3 is 10.1 Å². The third-order valence-corrected chi connectivity index (χ3v) is 2.95. The Labute approximate surface area is 116 Å². The molecular weight excluding hydrogens is 241 g/mol. The molecule has 0 bridgehead atoms. The number of hydrogen-bond donors (Lipinski definition) is 1. The Morgan fingerprint density at radius 1 is 1.26 bits per heavy atom. The molecule has 0 aliphatic carbocycles. The highest BCUT2D eigenvalue weighted by atomic mass is 19.1. The number of nitrogens with one attached hydrogen (secondary N) is 1. The first-order valence-corrected chi connectivity index (χ1v) is 6.98. The smallest absolute Gasteiger partial charge is 0.126 e. The van der Waals surface area contributed by atoms with Crippen molar-refractivity contribution in [1.82, 2.24) is 5.32 Å². The summed E-state index contributed by atoms with van der Waals surface area (Å²) < 4.78 is 19.2. The van der Waals surface area contributed by atoms with E-state index in [2.05, 4.69) is 26.1 Å². The molecule has 0 spiro atoms. The van der Waals surface area contributed by atoms with E-state index in [4.69, 9.17) is 4.74 Å². The van der Waals surface area contributed by atoms with Crippen LogP contribution in [0.25, 0.3) is 0 Å². The van der Waals surface area contributed by atoms with Gasteiger partial charge in [-0.15, -0.1) is 0 Å². The van der Waals surface area contributed by atoms with E-state index in [-0.39, 0.29) is 17.3 Å². The lowest BCUT2D eigenvalue weighted by Crippen LogP contribution is -2.40. The van der Waals surface area contributed by atoms with Crippen LogP contribution < -0.4 is 5.32 Å². The molecule has 0 heterocycles. The van der Waals surface area contributed by atoms with Crippen molar-refractivity contribution in [2.24, 2.45) is 5.92 Å². The summed E-state index contributed by atoms with van der Waals surface area (Å²) in [6, 6.07) is 6.98. The maximum atomic E-state index is 13.7. The van der Waals surface area contributed by atoms with Gasteiger partial charge in [0.25, 0.3) is 0 Å². The molecule has 0 aliphatic heterocycles. The van der Waals surface area contributed by atoms with Crippen molar-refractivity contribution in [2.75, 3.05) is 19.8 Å². The van der Waals surface area contributed by atoms with Crippen molar-refractivity contribution in [1.29, 1.82) is 0 Å². The van der Waals surface area contributed by atoms with Crippen LogP contribution in [0.3, 0.4) is 0 Å². The minimum Gasteiger partial charge on any atom is -0.381 e. The summed E-state index contributed by atoms with van der Waals surface area (Å²) in [4.78, 5) is 0. The first-order valence-electron chi connectivity index (χ1n) is 6.98. The highest BCUT2D eigenvalue weighted by Crippen LogP contribution is 2.14. The van der Waals surface area contributed by atoms with Crippen LogP contribution in [0.15, 0.2) is 24.3 Å². The van der Waals surface area contributed by atoms with Crippen LogP contribution in [0.5, 0.6) is 0 Å². The highest BCUT2D eigenvalue weighted by Gasteiger charge is 2.16. The van der Waals surface area contributed by atoms with Crippen LogP contribution in [0.2, 0.25) is 0 Å². The lowest BCUT2D eigenvalue weighted by molar-refractivity contribution is 0.106. The second kappa shape index (κ2) is 7.61. The predicted molar refractivity (Wildman–Crippen MR) is 77.8 cm³/mol. The Morgan fingerprint density at radius 2 is 1.95 bits per heavy atom. The fraction of sp³-hybridized carbons (Fsp3) is 0.625. The first kappa shape index (κ1) is 16.1. The quantitative estimate of drug-likeness (QED) is 0.817. The van der Waals surface area contributed by atoms with Gasteiger partial charge in [0.2, 0.25) is 0 Å². The molecule has 3 heteroatoms. The molecule has 0 saturated heterocycles. The van der Waals surface area contributed by atoms with Crippen LogP contribution >= 0.6 is 0 Å². The molecule has 108 valence electrons. The average Bonchev–Trinajstić information content (AvgIpc) is 2.34. The number of rotatable bonds is 7. The van der Waals surface area contributed by atoms with Gasteiger partial charge in [-0.05, 0) is 51.7 Å². The third kappa shape index (κ3) is 6.69. The number of hydrogen-bond acceptors (Lipinski definition) is 2. The van der Waals surface area contributed by atoms with Crippen molar-refractivity contribution >= 4 is 0 Å². The molecule has 0 aromatic heterocycles. The number of ether oxygens (including phenoxy) is 1. The molecular formula is C16H26FNO. The molecule has 2 nitrogen and oxygen atoms in total. The molecule has 1 unspecified atom stereocenters. The van der Waals surface area contributed by atoms with E-state index in [1.807, 2.05) is 19.1 Å². The van der Waals surface area contributed by atoms with Crippen molar-refractivity contribution in [3.05, 3.63) is 35.6 Å². The summed E-state index contributed by atoms with van der Waals surface area (Å²) in [6.45, 7) is 10.6. The number of benzene rings is 1. The van der Waals surface area contributed by atoms with Gasteiger partial charge in [0, 0.05) is 18.7 Å². The van der Waals surface area contributed by atoms with E-state index in [9.17, 15) is 4.39 Å². The molecule has 0 aliphatic rings. The topological polar surface area (TPSA) is 21.3 Å². The van der Waals surface area contributed by atoms with Gasteiger partial charge in [0.05, 0.1) is 6.61 Å². The molecule has 19 heavy (non-hydrogen) atoms. The molecule has 0 radical (unpaired) electrons. The predicted octanol–water partition coefficient (Wildman–Crippen LogP) is 3.41. The second-order valence-corrected chi connectivity index (χ2v) is 5.95. The second-order valence-electron chi connectivity index (χ2n) is 5.95. The lowest BCUT2D eigenvalue weighted by Gasteiger charge is -2.25. The van der Waals surface area contributed by atoms with E-state index in [1.54, 1.807) is 6.07 Å². The van der Waals surface area contributed by atoms with E-state index in [1.165, 1.54) is 6.07 Å². The fourth-order valence-electron chi connectivity index (χ4n) is 1.90. The van der Waals surface area contributed by atoms with E-state index < -0.39 is 0 Å². The highest BCUT2D eigenvalue weighted by molar-refractivity contribution is 5.17. The van der Waals surface area contributed by atoms with Crippen LogP contribution in [0.4, 0.5) is 4.39 Å². The molecule has 1 atom stereocenters. The van der Waals surface area contributed by atoms with Crippen molar-refractivity contribution in [2.45, 2.75) is 39.7 Å². The van der Waals surface area contributed by atoms with E-state index in [0.717, 1.165) is 12.1 Å². The Balaban J connectivity index is 2.61. The normalized spacial score (nSPS) is 13.5. The molecule has 1 rings (SSSR count). The zero-order valence-corrected chi connectivity index (χ0v) is 12.5. The van der Waals surface area contributed by atoms with Gasteiger partial charge in [-0.1, -0.05) is 18.2 Å². The zero-order chi connectivity index (χ0) is 14.3. The van der Waals surface area contributed by atoms with Gasteiger partial charge in [0.1, 0.15) is 5.82 Å². The van der Waals surface area contributed by atoms with Crippen molar-refractivity contribution in [3.8, 4) is 0 Å². The van der Waals surface area contributed by atoms with Crippen LogP contribution in [0, 0.1) is 11.7 Å². The minimum absolute atomic E-state index is 0.0691. The maximum absolute atomic E-state index is 13.7. The SMILES string of the molecule is CCOCC(CNC(C)(C)C)Cc1ccccc1F. The first-order chi connectivity index (χ1) is 8.92. The van der Waals surface area contributed by atoms with Crippen molar-refractivity contribution < 1.29 is 9.13 Å². The Bertz CT molecular complexity index is 373. The third-order valence-electron chi connectivity index (χ3n) is 2.95. The largest absolute Gasteiger partial charge is 0.381 e. The van der Waals surface area contributed by atoms with E-state index in [0.29, 0.717) is 19.6 Å². The minimum atomic E-state index is -0.125. The monoisotopic (exact) mass is 267 g/mol. The maximum Gasteiger partial charge on any atom is 0.126 e. The van der Waals surface area contributed by atoms with Gasteiger partial charge in [-0.3, -0.25) is 0 Å². The van der Waals surface area contributed by atoms with Gasteiger partial charge in [-0.25, -0.2) is 4.39 Å². The van der Waals surface area contributed by atoms with Gasteiger partial charge in [-0.2, -0.15) is 0 Å². The fourth-order valence-corrected chi connectivity index (χ4v) is 1.90. The molecule has 1 aromatic rings. The van der Waals surface area contributed by atoms with Crippen LogP contribution in [0.1, 0.15) is 33.3 Å². The Hall–Kier alpha value is -0.930. The summed E-state index contributed by atoms with van der Waals surface area (Å²) in [7, 11) is 0. The summed E-state index contributed by atoms with van der Waals surface area (Å²) >= 11 is 0. The average molecular weight is 267 g/mol. The standard InChI is InChI=1S/C16H26FNO/c1-5-19-12-13(11-18-16(2,3)4)10-14-8-6-7-9-15(14)17/h6-9,13,18H,5,10-12H2,1-4H3. The summed E-state index contributed by atoms with van der Waals surface area (Å²) in [6.07, 6.45) is 0.704. The zero-order valence-electron chi connectivity index (χ0n) is 12.5. The number of halogens is 1. The molecule has 0 saturated carbocycles. The van der Waals surface area contributed by atoms with Crippen LogP contribution in [-0.4, -0.2) is 25.3 Å². The van der Waals surface area contributed by atoms with E-state index >= 15 is 0 Å². The Kier molecular flexibility index (Phi) is 6.46. The molecule has 1 aromatic carbocycles. The summed E-state index contributed by atoms with van der Waals surface area (Å²) in [5, 5.41) is 3.47. The molecule has 1 N–H and O–H groups in total. The lowest BCUT2D eigenvalue weighted by atomic mass is 9.98.